The van der Waals surface area contributed by atoms with Gasteiger partial charge in [-0.05, 0) is 68.1 Å². The summed E-state index contributed by atoms with van der Waals surface area (Å²) in [4.78, 5) is 28.2. The second kappa shape index (κ2) is 14.0. The zero-order chi connectivity index (χ0) is 27.7. The molecule has 0 saturated heterocycles. The molecule has 0 aromatic heterocycles. The molecule has 2 amide bonds. The summed E-state index contributed by atoms with van der Waals surface area (Å²) in [6, 6.07) is 13.9. The van der Waals surface area contributed by atoms with E-state index in [1.807, 2.05) is 24.3 Å². The molecule has 0 spiro atoms. The average molecular weight is 609 g/mol. The van der Waals surface area contributed by atoms with Gasteiger partial charge in [0.2, 0.25) is 21.8 Å². The predicted molar refractivity (Wildman–Crippen MR) is 154 cm³/mol. The molecule has 0 radical (unpaired) electrons. The van der Waals surface area contributed by atoms with Crippen molar-refractivity contribution in [2.45, 2.75) is 70.5 Å². The van der Waals surface area contributed by atoms with Crippen LogP contribution in [0, 0.1) is 0 Å². The molecule has 8 nitrogen and oxygen atoms in total. The standard InChI is InChI=1S/C28H38BrN3O5S/c1-21(28(34)30-24-8-5-4-6-9-24)31(20-22-11-13-23(29)14-12-22)27(33)10-7-19-32(38(3,35)36)25-15-17-26(37-2)18-16-25/h11-18,21,24H,4-10,19-20H2,1-3H3,(H,30,34)/t21-/m1/s1. The van der Waals surface area contributed by atoms with Gasteiger partial charge in [0.25, 0.3) is 0 Å². The van der Waals surface area contributed by atoms with Gasteiger partial charge in [-0.2, -0.15) is 0 Å². The maximum atomic E-state index is 13.5. The molecular weight excluding hydrogens is 570 g/mol. The van der Waals surface area contributed by atoms with Crippen molar-refractivity contribution in [3.8, 4) is 5.75 Å². The number of carbonyl (C=O) groups is 2. The van der Waals surface area contributed by atoms with Gasteiger partial charge >= 0.3 is 0 Å². The van der Waals surface area contributed by atoms with Crippen LogP contribution in [-0.2, 0) is 26.2 Å². The van der Waals surface area contributed by atoms with Crippen LogP contribution >= 0.6 is 15.9 Å². The van der Waals surface area contributed by atoms with Crippen molar-refractivity contribution in [2.75, 3.05) is 24.2 Å². The highest BCUT2D eigenvalue weighted by atomic mass is 79.9. The summed E-state index contributed by atoms with van der Waals surface area (Å²) in [5.41, 5.74) is 1.42. The molecular formula is C28H38BrN3O5S. The Morgan fingerprint density at radius 1 is 1.05 bits per heavy atom. The van der Waals surface area contributed by atoms with E-state index >= 15 is 0 Å². The zero-order valence-electron chi connectivity index (χ0n) is 22.4. The summed E-state index contributed by atoms with van der Waals surface area (Å²) in [6.45, 7) is 2.19. The summed E-state index contributed by atoms with van der Waals surface area (Å²) in [5, 5.41) is 3.14. The summed E-state index contributed by atoms with van der Waals surface area (Å²) < 4.78 is 32.4. The van der Waals surface area contributed by atoms with Gasteiger partial charge in [0.05, 0.1) is 19.1 Å². The molecule has 2 aromatic carbocycles. The third kappa shape index (κ3) is 8.73. The number of nitrogens with one attached hydrogen (secondary N) is 1. The number of halogens is 1. The maximum Gasteiger partial charge on any atom is 0.242 e. The van der Waals surface area contributed by atoms with Crippen LogP contribution < -0.4 is 14.4 Å². The number of rotatable bonds is 12. The minimum absolute atomic E-state index is 0.111. The van der Waals surface area contributed by atoms with Gasteiger partial charge in [-0.25, -0.2) is 8.42 Å². The van der Waals surface area contributed by atoms with Crippen LogP contribution in [0.2, 0.25) is 0 Å². The normalized spacial score (nSPS) is 14.9. The van der Waals surface area contributed by atoms with Crippen LogP contribution in [-0.4, -0.2) is 57.1 Å². The number of benzene rings is 2. The smallest absolute Gasteiger partial charge is 0.242 e. The molecule has 208 valence electrons. The second-order valence-electron chi connectivity index (χ2n) is 9.80. The molecule has 1 fully saturated rings. The summed E-state index contributed by atoms with van der Waals surface area (Å²) in [6.07, 6.45) is 6.90. The van der Waals surface area contributed by atoms with Crippen LogP contribution in [0.1, 0.15) is 57.4 Å². The molecule has 1 aliphatic rings. The molecule has 0 aliphatic heterocycles. The molecule has 0 bridgehead atoms. The zero-order valence-corrected chi connectivity index (χ0v) is 24.8. The Labute approximate surface area is 234 Å². The van der Waals surface area contributed by atoms with Gasteiger partial charge < -0.3 is 15.0 Å². The Hall–Kier alpha value is -2.59. The largest absolute Gasteiger partial charge is 0.497 e. The van der Waals surface area contributed by atoms with Gasteiger partial charge in [0.1, 0.15) is 11.8 Å². The molecule has 2 aromatic rings. The van der Waals surface area contributed by atoms with E-state index in [0.29, 0.717) is 24.4 Å². The van der Waals surface area contributed by atoms with Crippen molar-refractivity contribution < 1.29 is 22.7 Å². The van der Waals surface area contributed by atoms with Crippen LogP contribution in [0.25, 0.3) is 0 Å². The van der Waals surface area contributed by atoms with Gasteiger partial charge in [-0.3, -0.25) is 13.9 Å². The molecule has 1 atom stereocenters. The number of methoxy groups -OCH3 is 1. The quantitative estimate of drug-likeness (QED) is 0.371. The maximum absolute atomic E-state index is 13.5. The minimum Gasteiger partial charge on any atom is -0.497 e. The molecule has 0 unspecified atom stereocenters. The van der Waals surface area contributed by atoms with E-state index in [1.165, 1.54) is 10.7 Å². The fourth-order valence-electron chi connectivity index (χ4n) is 4.69. The van der Waals surface area contributed by atoms with E-state index in [1.54, 1.807) is 43.2 Å². The van der Waals surface area contributed by atoms with E-state index in [-0.39, 0.29) is 30.8 Å². The minimum atomic E-state index is -3.56. The predicted octanol–water partition coefficient (Wildman–Crippen LogP) is 4.87. The van der Waals surface area contributed by atoms with E-state index in [9.17, 15) is 18.0 Å². The topological polar surface area (TPSA) is 96.0 Å². The molecule has 10 heteroatoms. The Balaban J connectivity index is 1.70. The number of hydrogen-bond donors (Lipinski definition) is 1. The van der Waals surface area contributed by atoms with E-state index < -0.39 is 16.1 Å². The lowest BCUT2D eigenvalue weighted by Gasteiger charge is -2.31. The fraction of sp³-hybridized carbons (Fsp3) is 0.500. The Morgan fingerprint density at radius 2 is 1.68 bits per heavy atom. The van der Waals surface area contributed by atoms with Gasteiger partial charge in [0.15, 0.2) is 0 Å². The monoisotopic (exact) mass is 607 g/mol. The van der Waals surface area contributed by atoms with Crippen LogP contribution in [0.15, 0.2) is 53.0 Å². The van der Waals surface area contributed by atoms with E-state index in [2.05, 4.69) is 21.2 Å². The van der Waals surface area contributed by atoms with E-state index in [0.717, 1.165) is 42.0 Å². The number of carbonyl (C=O) groups excluding carboxylic acids is 2. The summed E-state index contributed by atoms with van der Waals surface area (Å²) >= 11 is 3.43. The van der Waals surface area contributed by atoms with Crippen molar-refractivity contribution in [2.24, 2.45) is 0 Å². The van der Waals surface area contributed by atoms with Crippen molar-refractivity contribution in [1.82, 2.24) is 10.2 Å². The third-order valence-corrected chi connectivity index (χ3v) is 8.62. The van der Waals surface area contributed by atoms with Crippen molar-refractivity contribution >= 4 is 43.5 Å². The van der Waals surface area contributed by atoms with Crippen LogP contribution in [0.5, 0.6) is 5.75 Å². The lowest BCUT2D eigenvalue weighted by molar-refractivity contribution is -0.141. The lowest BCUT2D eigenvalue weighted by atomic mass is 9.95. The average Bonchev–Trinajstić information content (AvgIpc) is 2.90. The van der Waals surface area contributed by atoms with Crippen LogP contribution in [0.3, 0.4) is 0 Å². The molecule has 1 N–H and O–H groups in total. The highest BCUT2D eigenvalue weighted by molar-refractivity contribution is 9.10. The number of hydrogen-bond acceptors (Lipinski definition) is 5. The molecule has 1 aliphatic carbocycles. The van der Waals surface area contributed by atoms with Gasteiger partial charge in [-0.15, -0.1) is 0 Å². The molecule has 1 saturated carbocycles. The number of nitrogens with zero attached hydrogens (tertiary/aromatic N) is 2. The van der Waals surface area contributed by atoms with Gasteiger partial charge in [-0.1, -0.05) is 47.3 Å². The Kier molecular flexibility index (Phi) is 11.0. The van der Waals surface area contributed by atoms with Crippen molar-refractivity contribution in [3.63, 3.8) is 0 Å². The molecule has 0 heterocycles. The van der Waals surface area contributed by atoms with Crippen molar-refractivity contribution in [1.29, 1.82) is 0 Å². The number of anilines is 1. The summed E-state index contributed by atoms with van der Waals surface area (Å²) in [7, 11) is -2.01. The second-order valence-corrected chi connectivity index (χ2v) is 12.6. The van der Waals surface area contributed by atoms with Gasteiger partial charge in [0, 0.05) is 30.0 Å². The third-order valence-electron chi connectivity index (χ3n) is 6.90. The molecule has 3 rings (SSSR count). The number of sulfonamides is 1. The Morgan fingerprint density at radius 3 is 2.26 bits per heavy atom. The molecule has 38 heavy (non-hydrogen) atoms. The Bertz CT molecular complexity index is 1170. The first-order valence-corrected chi connectivity index (χ1v) is 15.7. The summed E-state index contributed by atoms with van der Waals surface area (Å²) in [5.74, 6) is 0.280. The van der Waals surface area contributed by atoms with Crippen LogP contribution in [0.4, 0.5) is 5.69 Å². The number of amides is 2. The first kappa shape index (κ1) is 30.0. The highest BCUT2D eigenvalue weighted by Gasteiger charge is 2.28. The lowest BCUT2D eigenvalue weighted by Crippen LogP contribution is -2.50. The number of ether oxygens (including phenoxy) is 1. The first-order chi connectivity index (χ1) is 18.1. The van der Waals surface area contributed by atoms with Crippen molar-refractivity contribution in [3.05, 3.63) is 58.6 Å². The first-order valence-electron chi connectivity index (χ1n) is 13.0. The SMILES string of the molecule is COc1ccc(N(CCCC(=O)N(Cc2ccc(Br)cc2)[C@H](C)C(=O)NC2CCCCC2)S(C)(=O)=O)cc1. The highest BCUT2D eigenvalue weighted by Crippen LogP contribution is 2.23. The van der Waals surface area contributed by atoms with E-state index in [4.69, 9.17) is 4.74 Å². The fourth-order valence-corrected chi connectivity index (χ4v) is 5.92.